The van der Waals surface area contributed by atoms with Crippen LogP contribution in [-0.4, -0.2) is 63.1 Å². The molecule has 0 radical (unpaired) electrons. The predicted octanol–water partition coefficient (Wildman–Crippen LogP) is 2.42. The van der Waals surface area contributed by atoms with Gasteiger partial charge in [-0.2, -0.15) is 4.99 Å². The minimum absolute atomic E-state index is 0.0796. The summed E-state index contributed by atoms with van der Waals surface area (Å²) >= 11 is 1.28. The van der Waals surface area contributed by atoms with Crippen molar-refractivity contribution in [3.63, 3.8) is 0 Å². The number of aryl methyl sites for hydroxylation is 1. The molecule has 0 fully saturated rings. The van der Waals surface area contributed by atoms with Crippen molar-refractivity contribution in [2.75, 3.05) is 33.9 Å². The van der Waals surface area contributed by atoms with E-state index in [2.05, 4.69) is 4.99 Å². The number of amides is 1. The van der Waals surface area contributed by atoms with Gasteiger partial charge in [-0.25, -0.2) is 12.7 Å². The standard InChI is InChI=1S/C23H25N3O7S2/c1-4-31-21(27)9-10-26-17-13-18-19(33-12-11-32-18)14-20(17)34-23(26)24-22(28)15-5-7-16(8-6-15)35(29,30)25(2)3/h5-8,13-14H,4,9-12H2,1-3H3. The number of ether oxygens (including phenoxy) is 3. The Hall–Kier alpha value is -3.22. The van der Waals surface area contributed by atoms with Crippen molar-refractivity contribution in [2.45, 2.75) is 24.8 Å². The van der Waals surface area contributed by atoms with Gasteiger partial charge in [0.05, 0.1) is 28.1 Å². The first-order chi connectivity index (χ1) is 16.7. The van der Waals surface area contributed by atoms with Gasteiger partial charge in [-0.15, -0.1) is 0 Å². The molecule has 2 heterocycles. The molecule has 0 spiro atoms. The van der Waals surface area contributed by atoms with E-state index in [0.29, 0.717) is 29.5 Å². The highest BCUT2D eigenvalue weighted by atomic mass is 32.2. The van der Waals surface area contributed by atoms with Gasteiger partial charge in [0.25, 0.3) is 5.91 Å². The zero-order valence-corrected chi connectivity index (χ0v) is 21.1. The van der Waals surface area contributed by atoms with Crippen LogP contribution >= 0.6 is 11.3 Å². The fourth-order valence-corrected chi connectivity index (χ4v) is 5.44. The van der Waals surface area contributed by atoms with Crippen molar-refractivity contribution in [1.82, 2.24) is 8.87 Å². The Balaban J connectivity index is 1.73. The molecule has 2 aromatic carbocycles. The SMILES string of the molecule is CCOC(=O)CCn1c(=NC(=O)c2ccc(S(=O)(=O)N(C)C)cc2)sc2cc3c(cc21)OCCO3. The Morgan fingerprint density at radius 3 is 2.40 bits per heavy atom. The van der Waals surface area contributed by atoms with Gasteiger partial charge in [0.2, 0.25) is 10.0 Å². The highest BCUT2D eigenvalue weighted by Crippen LogP contribution is 2.35. The lowest BCUT2D eigenvalue weighted by Gasteiger charge is -2.18. The number of thiazole rings is 1. The Bertz CT molecular complexity index is 1440. The van der Waals surface area contributed by atoms with Gasteiger partial charge in [0, 0.05) is 38.3 Å². The fraction of sp³-hybridized carbons (Fsp3) is 0.348. The van der Waals surface area contributed by atoms with E-state index < -0.39 is 15.9 Å². The van der Waals surface area contributed by atoms with E-state index in [4.69, 9.17) is 14.2 Å². The predicted molar refractivity (Wildman–Crippen MR) is 129 cm³/mol. The summed E-state index contributed by atoms with van der Waals surface area (Å²) in [6.07, 6.45) is 0.104. The van der Waals surface area contributed by atoms with Crippen LogP contribution in [0.3, 0.4) is 0 Å². The number of hydrogen-bond acceptors (Lipinski definition) is 8. The molecule has 1 aliphatic rings. The van der Waals surface area contributed by atoms with Gasteiger partial charge in [0.1, 0.15) is 13.2 Å². The molecule has 12 heteroatoms. The molecule has 4 rings (SSSR count). The second-order valence-corrected chi connectivity index (χ2v) is 10.9. The number of nitrogens with zero attached hydrogens (tertiary/aromatic N) is 3. The molecule has 0 atom stereocenters. The Morgan fingerprint density at radius 2 is 1.77 bits per heavy atom. The third kappa shape index (κ3) is 5.24. The smallest absolute Gasteiger partial charge is 0.307 e. The van der Waals surface area contributed by atoms with Crippen LogP contribution in [0.25, 0.3) is 10.2 Å². The maximum atomic E-state index is 13.0. The van der Waals surface area contributed by atoms with Gasteiger partial charge in [-0.1, -0.05) is 11.3 Å². The zero-order valence-electron chi connectivity index (χ0n) is 19.5. The zero-order chi connectivity index (χ0) is 25.2. The van der Waals surface area contributed by atoms with Crippen molar-refractivity contribution in [2.24, 2.45) is 4.99 Å². The van der Waals surface area contributed by atoms with Gasteiger partial charge in [-0.05, 0) is 31.2 Å². The average molecular weight is 520 g/mol. The second-order valence-electron chi connectivity index (χ2n) is 7.78. The highest BCUT2D eigenvalue weighted by Gasteiger charge is 2.19. The summed E-state index contributed by atoms with van der Waals surface area (Å²) < 4.78 is 44.7. The molecule has 1 aromatic heterocycles. The molecule has 0 aliphatic carbocycles. The minimum atomic E-state index is -3.61. The summed E-state index contributed by atoms with van der Waals surface area (Å²) in [5, 5.41) is 0. The summed E-state index contributed by atoms with van der Waals surface area (Å²) in [4.78, 5) is 29.7. The normalized spacial score (nSPS) is 13.9. The lowest BCUT2D eigenvalue weighted by atomic mass is 10.2. The van der Waals surface area contributed by atoms with Crippen LogP contribution in [0.15, 0.2) is 46.3 Å². The number of aromatic nitrogens is 1. The number of benzene rings is 2. The molecule has 1 aliphatic heterocycles. The monoisotopic (exact) mass is 519 g/mol. The number of carbonyl (C=O) groups is 2. The van der Waals surface area contributed by atoms with Gasteiger partial charge >= 0.3 is 5.97 Å². The number of rotatable bonds is 7. The average Bonchev–Trinajstić information content (AvgIpc) is 3.16. The minimum Gasteiger partial charge on any atom is -0.486 e. The molecule has 3 aromatic rings. The third-order valence-corrected chi connectivity index (χ3v) is 8.14. The number of fused-ring (bicyclic) bond motifs is 2. The molecule has 0 saturated carbocycles. The first-order valence-electron chi connectivity index (χ1n) is 10.9. The first-order valence-corrected chi connectivity index (χ1v) is 13.2. The molecule has 0 saturated heterocycles. The molecule has 186 valence electrons. The van der Waals surface area contributed by atoms with Gasteiger partial charge < -0.3 is 18.8 Å². The summed E-state index contributed by atoms with van der Waals surface area (Å²) in [6.45, 7) is 3.15. The number of carbonyl (C=O) groups excluding carboxylic acids is 2. The Morgan fingerprint density at radius 1 is 1.11 bits per heavy atom. The maximum absolute atomic E-state index is 13.0. The van der Waals surface area contributed by atoms with Crippen LogP contribution < -0.4 is 14.3 Å². The molecule has 0 unspecified atom stereocenters. The van der Waals surface area contributed by atoms with E-state index in [9.17, 15) is 18.0 Å². The van der Waals surface area contributed by atoms with Crippen LogP contribution in [-0.2, 0) is 26.1 Å². The van der Waals surface area contributed by atoms with Crippen LogP contribution in [0, 0.1) is 0 Å². The quantitative estimate of drug-likeness (QED) is 0.440. The van der Waals surface area contributed by atoms with E-state index in [0.717, 1.165) is 14.5 Å². The summed E-state index contributed by atoms with van der Waals surface area (Å²) in [5.74, 6) is 0.305. The lowest BCUT2D eigenvalue weighted by Crippen LogP contribution is -2.22. The van der Waals surface area contributed by atoms with E-state index >= 15 is 0 Å². The van der Waals surface area contributed by atoms with Crippen molar-refractivity contribution >= 4 is 43.5 Å². The van der Waals surface area contributed by atoms with E-state index in [-0.39, 0.29) is 36.0 Å². The molecule has 35 heavy (non-hydrogen) atoms. The van der Waals surface area contributed by atoms with Crippen LogP contribution in [0.4, 0.5) is 0 Å². The molecule has 10 nitrogen and oxygen atoms in total. The lowest BCUT2D eigenvalue weighted by molar-refractivity contribution is -0.143. The Labute approximate surface area is 206 Å². The summed E-state index contributed by atoms with van der Waals surface area (Å²) in [5.41, 5.74) is 0.991. The van der Waals surface area contributed by atoms with Gasteiger partial charge in [-0.3, -0.25) is 9.59 Å². The second kappa shape index (κ2) is 10.2. The van der Waals surface area contributed by atoms with Crippen molar-refractivity contribution in [3.05, 3.63) is 46.8 Å². The first kappa shape index (κ1) is 24.9. The van der Waals surface area contributed by atoms with Crippen LogP contribution in [0.5, 0.6) is 11.5 Å². The number of esters is 1. The van der Waals surface area contributed by atoms with Crippen molar-refractivity contribution < 1.29 is 32.2 Å². The molecule has 1 amide bonds. The summed E-state index contributed by atoms with van der Waals surface area (Å²) in [6, 6.07) is 9.26. The van der Waals surface area contributed by atoms with Crippen LogP contribution in [0.1, 0.15) is 23.7 Å². The van der Waals surface area contributed by atoms with E-state index in [1.807, 2.05) is 12.1 Å². The maximum Gasteiger partial charge on any atom is 0.307 e. The largest absolute Gasteiger partial charge is 0.486 e. The summed E-state index contributed by atoms with van der Waals surface area (Å²) in [7, 11) is -0.732. The van der Waals surface area contributed by atoms with Crippen molar-refractivity contribution in [3.8, 4) is 11.5 Å². The van der Waals surface area contributed by atoms with Crippen molar-refractivity contribution in [1.29, 1.82) is 0 Å². The highest BCUT2D eigenvalue weighted by molar-refractivity contribution is 7.89. The number of sulfonamides is 1. The third-order valence-electron chi connectivity index (χ3n) is 5.27. The number of hydrogen-bond donors (Lipinski definition) is 0. The molecule has 0 bridgehead atoms. The van der Waals surface area contributed by atoms with E-state index in [1.54, 1.807) is 11.5 Å². The molecular weight excluding hydrogens is 494 g/mol. The van der Waals surface area contributed by atoms with Gasteiger partial charge in [0.15, 0.2) is 16.3 Å². The fourth-order valence-electron chi connectivity index (χ4n) is 3.48. The topological polar surface area (TPSA) is 117 Å². The van der Waals surface area contributed by atoms with Crippen LogP contribution in [0.2, 0.25) is 0 Å². The van der Waals surface area contributed by atoms with E-state index in [1.165, 1.54) is 49.7 Å². The molecule has 0 N–H and O–H groups in total. The Kier molecular flexibility index (Phi) is 7.24. The molecular formula is C23H25N3O7S2.